The molecule has 1 fully saturated rings. The molecule has 1 aromatic heterocycles. The molecule has 1 saturated heterocycles. The zero-order valence-corrected chi connectivity index (χ0v) is 9.16. The van der Waals surface area contributed by atoms with Crippen LogP contribution in [0.5, 0.6) is 0 Å². The molecule has 0 spiro atoms. The van der Waals surface area contributed by atoms with Crippen molar-refractivity contribution in [2.24, 2.45) is 5.92 Å². The standard InChI is InChI=1S/C11H17NS/c1-8-7-12-5-3-10(8)11-4-6-13-9(11)2/h4,6,8,10,12H,3,5,7H2,1-2H3. The van der Waals surface area contributed by atoms with Crippen molar-refractivity contribution in [2.45, 2.75) is 26.2 Å². The zero-order chi connectivity index (χ0) is 9.26. The van der Waals surface area contributed by atoms with Crippen LogP contribution in [0.4, 0.5) is 0 Å². The number of aryl methyl sites for hydroxylation is 1. The summed E-state index contributed by atoms with van der Waals surface area (Å²) in [7, 11) is 0. The Balaban J connectivity index is 2.19. The van der Waals surface area contributed by atoms with Crippen molar-refractivity contribution in [3.8, 4) is 0 Å². The van der Waals surface area contributed by atoms with Crippen LogP contribution in [0.3, 0.4) is 0 Å². The maximum Gasteiger partial charge on any atom is 0.00491 e. The highest BCUT2D eigenvalue weighted by atomic mass is 32.1. The SMILES string of the molecule is Cc1sccc1C1CCNCC1C. The van der Waals surface area contributed by atoms with E-state index in [0.717, 1.165) is 11.8 Å². The van der Waals surface area contributed by atoms with Crippen LogP contribution in [-0.2, 0) is 0 Å². The van der Waals surface area contributed by atoms with Crippen molar-refractivity contribution in [1.82, 2.24) is 5.32 Å². The van der Waals surface area contributed by atoms with Crippen LogP contribution in [0.15, 0.2) is 11.4 Å². The van der Waals surface area contributed by atoms with E-state index in [9.17, 15) is 0 Å². The maximum absolute atomic E-state index is 3.45. The molecule has 2 rings (SSSR count). The fourth-order valence-electron chi connectivity index (χ4n) is 2.26. The van der Waals surface area contributed by atoms with Gasteiger partial charge in [0.15, 0.2) is 0 Å². The minimum Gasteiger partial charge on any atom is -0.316 e. The predicted octanol–water partition coefficient (Wildman–Crippen LogP) is 2.77. The fourth-order valence-corrected chi connectivity index (χ4v) is 3.03. The largest absolute Gasteiger partial charge is 0.316 e. The minimum absolute atomic E-state index is 0.794. The molecular weight excluding hydrogens is 178 g/mol. The Labute approximate surface area is 84.2 Å². The van der Waals surface area contributed by atoms with Crippen molar-refractivity contribution in [3.05, 3.63) is 21.9 Å². The number of thiophene rings is 1. The number of piperidine rings is 1. The van der Waals surface area contributed by atoms with E-state index < -0.39 is 0 Å². The summed E-state index contributed by atoms with van der Waals surface area (Å²) < 4.78 is 0. The third-order valence-electron chi connectivity index (χ3n) is 3.08. The lowest BCUT2D eigenvalue weighted by molar-refractivity contribution is 0.349. The second kappa shape index (κ2) is 3.81. The Morgan fingerprint density at radius 2 is 2.38 bits per heavy atom. The van der Waals surface area contributed by atoms with Gasteiger partial charge < -0.3 is 5.32 Å². The average Bonchev–Trinajstić information content (AvgIpc) is 2.52. The van der Waals surface area contributed by atoms with E-state index in [4.69, 9.17) is 0 Å². The summed E-state index contributed by atoms with van der Waals surface area (Å²) in [5, 5.41) is 5.67. The van der Waals surface area contributed by atoms with E-state index in [1.165, 1.54) is 24.4 Å². The third kappa shape index (κ3) is 1.79. The molecule has 0 radical (unpaired) electrons. The maximum atomic E-state index is 3.45. The molecule has 1 aliphatic rings. The highest BCUT2D eigenvalue weighted by molar-refractivity contribution is 7.10. The van der Waals surface area contributed by atoms with Crippen molar-refractivity contribution < 1.29 is 0 Å². The summed E-state index contributed by atoms with van der Waals surface area (Å²) in [5.74, 6) is 1.59. The lowest BCUT2D eigenvalue weighted by atomic mass is 9.83. The second-order valence-corrected chi connectivity index (χ2v) is 5.13. The van der Waals surface area contributed by atoms with E-state index in [-0.39, 0.29) is 0 Å². The first-order chi connectivity index (χ1) is 6.29. The van der Waals surface area contributed by atoms with Crippen molar-refractivity contribution in [3.63, 3.8) is 0 Å². The van der Waals surface area contributed by atoms with Gasteiger partial charge in [0.1, 0.15) is 0 Å². The van der Waals surface area contributed by atoms with E-state index in [1.54, 1.807) is 5.56 Å². The number of hydrogen-bond acceptors (Lipinski definition) is 2. The van der Waals surface area contributed by atoms with Crippen LogP contribution >= 0.6 is 11.3 Å². The Bertz CT molecular complexity index is 279. The molecule has 2 unspecified atom stereocenters. The molecule has 0 aromatic carbocycles. The van der Waals surface area contributed by atoms with Gasteiger partial charge in [-0.2, -0.15) is 0 Å². The van der Waals surface area contributed by atoms with Gasteiger partial charge >= 0.3 is 0 Å². The summed E-state index contributed by atoms with van der Waals surface area (Å²) in [6.07, 6.45) is 1.30. The Morgan fingerprint density at radius 3 is 3.00 bits per heavy atom. The molecule has 2 heterocycles. The molecule has 13 heavy (non-hydrogen) atoms. The topological polar surface area (TPSA) is 12.0 Å². The van der Waals surface area contributed by atoms with E-state index in [2.05, 4.69) is 30.6 Å². The number of rotatable bonds is 1. The molecule has 0 amide bonds. The summed E-state index contributed by atoms with van der Waals surface area (Å²) in [4.78, 5) is 1.51. The van der Waals surface area contributed by atoms with Crippen molar-refractivity contribution in [1.29, 1.82) is 0 Å². The van der Waals surface area contributed by atoms with Gasteiger partial charge in [-0.3, -0.25) is 0 Å². The van der Waals surface area contributed by atoms with Crippen LogP contribution in [0.2, 0.25) is 0 Å². The van der Waals surface area contributed by atoms with Gasteiger partial charge in [-0.05, 0) is 55.3 Å². The van der Waals surface area contributed by atoms with Crippen molar-refractivity contribution in [2.75, 3.05) is 13.1 Å². The number of hydrogen-bond donors (Lipinski definition) is 1. The molecule has 1 aliphatic heterocycles. The molecule has 2 atom stereocenters. The molecule has 0 saturated carbocycles. The molecule has 0 bridgehead atoms. The fraction of sp³-hybridized carbons (Fsp3) is 0.636. The Hall–Kier alpha value is -0.340. The highest BCUT2D eigenvalue weighted by Crippen LogP contribution is 2.33. The molecular formula is C11H17NS. The van der Waals surface area contributed by atoms with E-state index in [0.29, 0.717) is 0 Å². The van der Waals surface area contributed by atoms with Crippen LogP contribution in [-0.4, -0.2) is 13.1 Å². The van der Waals surface area contributed by atoms with Gasteiger partial charge in [-0.15, -0.1) is 11.3 Å². The second-order valence-electron chi connectivity index (χ2n) is 4.01. The average molecular weight is 195 g/mol. The van der Waals surface area contributed by atoms with Crippen molar-refractivity contribution >= 4 is 11.3 Å². The molecule has 1 aromatic rings. The normalized spacial score (nSPS) is 29.1. The molecule has 0 aliphatic carbocycles. The van der Waals surface area contributed by atoms with Gasteiger partial charge in [0, 0.05) is 4.88 Å². The first-order valence-corrected chi connectivity index (χ1v) is 5.91. The third-order valence-corrected chi connectivity index (χ3v) is 3.95. The molecule has 2 heteroatoms. The molecule has 72 valence electrons. The number of nitrogens with one attached hydrogen (secondary N) is 1. The summed E-state index contributed by atoms with van der Waals surface area (Å²) >= 11 is 1.88. The smallest absolute Gasteiger partial charge is 0.00491 e. The minimum atomic E-state index is 0.794. The lowest BCUT2D eigenvalue weighted by Crippen LogP contribution is -2.33. The zero-order valence-electron chi connectivity index (χ0n) is 8.34. The van der Waals surface area contributed by atoms with Crippen LogP contribution in [0.1, 0.15) is 29.7 Å². The van der Waals surface area contributed by atoms with Crippen LogP contribution in [0, 0.1) is 12.8 Å². The summed E-state index contributed by atoms with van der Waals surface area (Å²) in [5.41, 5.74) is 1.60. The Morgan fingerprint density at radius 1 is 1.54 bits per heavy atom. The highest BCUT2D eigenvalue weighted by Gasteiger charge is 2.23. The van der Waals surface area contributed by atoms with Gasteiger partial charge in [-0.25, -0.2) is 0 Å². The van der Waals surface area contributed by atoms with Crippen LogP contribution in [0.25, 0.3) is 0 Å². The van der Waals surface area contributed by atoms with E-state index in [1.807, 2.05) is 11.3 Å². The first-order valence-electron chi connectivity index (χ1n) is 5.03. The summed E-state index contributed by atoms with van der Waals surface area (Å²) in [6, 6.07) is 2.31. The van der Waals surface area contributed by atoms with Gasteiger partial charge in [0.05, 0.1) is 0 Å². The van der Waals surface area contributed by atoms with Crippen LogP contribution < -0.4 is 5.32 Å². The lowest BCUT2D eigenvalue weighted by Gasteiger charge is -2.29. The van der Waals surface area contributed by atoms with Gasteiger partial charge in [0.25, 0.3) is 0 Å². The quantitative estimate of drug-likeness (QED) is 0.726. The predicted molar refractivity (Wildman–Crippen MR) is 58.4 cm³/mol. The Kier molecular flexibility index (Phi) is 2.70. The first kappa shape index (κ1) is 9.22. The molecule has 1 N–H and O–H groups in total. The van der Waals surface area contributed by atoms with Gasteiger partial charge in [0.2, 0.25) is 0 Å². The monoisotopic (exact) mass is 195 g/mol. The van der Waals surface area contributed by atoms with Gasteiger partial charge in [-0.1, -0.05) is 6.92 Å². The summed E-state index contributed by atoms with van der Waals surface area (Å²) in [6.45, 7) is 6.97. The van der Waals surface area contributed by atoms with E-state index >= 15 is 0 Å². The molecule has 1 nitrogen and oxygen atoms in total.